The van der Waals surface area contributed by atoms with E-state index >= 15 is 0 Å². The first-order valence-corrected chi connectivity index (χ1v) is 7.50. The number of halogens is 1. The largest absolute Gasteiger partial charge is 0.375 e. The molecule has 1 atom stereocenters. The predicted octanol–water partition coefficient (Wildman–Crippen LogP) is 0.955. The first-order chi connectivity index (χ1) is 10.7. The number of amides is 3. The number of urea groups is 1. The molecule has 2 aliphatic heterocycles. The molecule has 2 fully saturated rings. The van der Waals surface area contributed by atoms with Gasteiger partial charge in [0.25, 0.3) is 0 Å². The number of carbonyl (C=O) groups is 2. The van der Waals surface area contributed by atoms with Crippen LogP contribution in [0.25, 0.3) is 0 Å². The summed E-state index contributed by atoms with van der Waals surface area (Å²) in [6, 6.07) is 7.20. The lowest BCUT2D eigenvalue weighted by Gasteiger charge is -2.23. The van der Waals surface area contributed by atoms with E-state index in [2.05, 4.69) is 16.0 Å². The van der Waals surface area contributed by atoms with Crippen LogP contribution in [0.3, 0.4) is 0 Å². The number of rotatable bonds is 4. The molecule has 3 rings (SSSR count). The van der Waals surface area contributed by atoms with Crippen LogP contribution >= 0.6 is 12.4 Å². The third-order valence-electron chi connectivity index (χ3n) is 3.72. The van der Waals surface area contributed by atoms with Crippen LogP contribution in [-0.2, 0) is 9.53 Å². The van der Waals surface area contributed by atoms with Crippen molar-refractivity contribution in [3.05, 3.63) is 24.3 Å². The van der Waals surface area contributed by atoms with E-state index in [-0.39, 0.29) is 30.4 Å². The van der Waals surface area contributed by atoms with Crippen LogP contribution in [-0.4, -0.2) is 50.8 Å². The minimum atomic E-state index is -0.106. The molecule has 1 aromatic carbocycles. The van der Waals surface area contributed by atoms with Crippen molar-refractivity contribution in [3.63, 3.8) is 0 Å². The Hall–Kier alpha value is -1.83. The molecule has 2 aliphatic rings. The zero-order valence-electron chi connectivity index (χ0n) is 12.7. The zero-order valence-corrected chi connectivity index (χ0v) is 13.5. The molecule has 8 heteroatoms. The van der Waals surface area contributed by atoms with Gasteiger partial charge in [-0.1, -0.05) is 6.07 Å². The Morgan fingerprint density at radius 2 is 2.26 bits per heavy atom. The van der Waals surface area contributed by atoms with Gasteiger partial charge in [-0.3, -0.25) is 9.69 Å². The molecule has 7 nitrogen and oxygen atoms in total. The Bertz CT molecular complexity index is 563. The highest BCUT2D eigenvalue weighted by molar-refractivity contribution is 5.96. The van der Waals surface area contributed by atoms with Gasteiger partial charge in [-0.15, -0.1) is 12.4 Å². The first kappa shape index (κ1) is 17.5. The normalized spacial score (nSPS) is 20.6. The minimum absolute atomic E-state index is 0. The molecule has 3 amide bonds. The summed E-state index contributed by atoms with van der Waals surface area (Å²) in [6.07, 6.45) is 0.239. The van der Waals surface area contributed by atoms with Crippen molar-refractivity contribution in [2.75, 3.05) is 43.0 Å². The predicted molar refractivity (Wildman–Crippen MR) is 90.3 cm³/mol. The zero-order chi connectivity index (χ0) is 15.4. The van der Waals surface area contributed by atoms with Crippen LogP contribution in [0.4, 0.5) is 16.2 Å². The lowest BCUT2D eigenvalue weighted by Crippen LogP contribution is -2.40. The second kappa shape index (κ2) is 8.14. The fraction of sp³-hybridized carbons (Fsp3) is 0.467. The third kappa shape index (κ3) is 4.57. The van der Waals surface area contributed by atoms with E-state index in [0.29, 0.717) is 38.3 Å². The van der Waals surface area contributed by atoms with Crippen LogP contribution in [0, 0.1) is 0 Å². The van der Waals surface area contributed by atoms with Crippen molar-refractivity contribution in [2.45, 2.75) is 12.5 Å². The molecule has 0 bridgehead atoms. The van der Waals surface area contributed by atoms with Gasteiger partial charge in [0.2, 0.25) is 5.91 Å². The number of morpholine rings is 1. The Morgan fingerprint density at radius 1 is 1.39 bits per heavy atom. The molecule has 23 heavy (non-hydrogen) atoms. The van der Waals surface area contributed by atoms with Gasteiger partial charge >= 0.3 is 6.03 Å². The van der Waals surface area contributed by atoms with Crippen LogP contribution < -0.4 is 20.9 Å². The molecule has 126 valence electrons. The Morgan fingerprint density at radius 3 is 2.96 bits per heavy atom. The second-order valence-electron chi connectivity index (χ2n) is 5.38. The maximum atomic E-state index is 12.1. The topological polar surface area (TPSA) is 82.7 Å². The van der Waals surface area contributed by atoms with Crippen LogP contribution in [0.15, 0.2) is 24.3 Å². The van der Waals surface area contributed by atoms with E-state index in [1.807, 2.05) is 24.3 Å². The van der Waals surface area contributed by atoms with Gasteiger partial charge in [0.05, 0.1) is 19.1 Å². The van der Waals surface area contributed by atoms with Gasteiger partial charge in [-0.05, 0) is 18.2 Å². The van der Waals surface area contributed by atoms with Crippen molar-refractivity contribution in [2.24, 2.45) is 0 Å². The lowest BCUT2D eigenvalue weighted by molar-refractivity contribution is -0.119. The molecule has 3 N–H and O–H groups in total. The maximum Gasteiger partial charge on any atom is 0.321 e. The van der Waals surface area contributed by atoms with Crippen LogP contribution in [0.1, 0.15) is 6.42 Å². The van der Waals surface area contributed by atoms with Crippen molar-refractivity contribution < 1.29 is 14.3 Å². The fourth-order valence-corrected chi connectivity index (χ4v) is 2.64. The highest BCUT2D eigenvalue weighted by Crippen LogP contribution is 2.21. The summed E-state index contributed by atoms with van der Waals surface area (Å²) in [4.78, 5) is 25.4. The fourth-order valence-electron chi connectivity index (χ4n) is 2.64. The molecule has 0 radical (unpaired) electrons. The molecule has 1 aromatic rings. The quantitative estimate of drug-likeness (QED) is 0.762. The summed E-state index contributed by atoms with van der Waals surface area (Å²) in [5.41, 5.74) is 1.47. The van der Waals surface area contributed by atoms with E-state index in [1.54, 1.807) is 4.90 Å². The van der Waals surface area contributed by atoms with Crippen molar-refractivity contribution in [1.29, 1.82) is 0 Å². The van der Waals surface area contributed by atoms with Crippen molar-refractivity contribution >= 4 is 35.7 Å². The average molecular weight is 341 g/mol. The van der Waals surface area contributed by atoms with E-state index in [9.17, 15) is 9.59 Å². The number of anilines is 2. The monoisotopic (exact) mass is 340 g/mol. The number of benzene rings is 1. The maximum absolute atomic E-state index is 12.1. The molecular weight excluding hydrogens is 320 g/mol. The number of ether oxygens (including phenoxy) is 1. The van der Waals surface area contributed by atoms with Gasteiger partial charge in [-0.25, -0.2) is 4.79 Å². The summed E-state index contributed by atoms with van der Waals surface area (Å²) >= 11 is 0. The van der Waals surface area contributed by atoms with Gasteiger partial charge < -0.3 is 20.7 Å². The number of hydrogen-bond donors (Lipinski definition) is 3. The van der Waals surface area contributed by atoms with E-state index in [0.717, 1.165) is 12.2 Å². The molecule has 0 saturated carbocycles. The van der Waals surface area contributed by atoms with Gasteiger partial charge in [0, 0.05) is 37.6 Å². The first-order valence-electron chi connectivity index (χ1n) is 7.50. The Labute approximate surface area is 141 Å². The van der Waals surface area contributed by atoms with E-state index in [1.165, 1.54) is 0 Å². The summed E-state index contributed by atoms with van der Waals surface area (Å²) < 4.78 is 5.52. The number of hydrogen-bond acceptors (Lipinski definition) is 4. The Balaban J connectivity index is 0.00000192. The Kier molecular flexibility index (Phi) is 6.20. The summed E-state index contributed by atoms with van der Waals surface area (Å²) in [5, 5.41) is 8.82. The average Bonchev–Trinajstić information content (AvgIpc) is 2.94. The van der Waals surface area contributed by atoms with Crippen molar-refractivity contribution in [3.8, 4) is 0 Å². The minimum Gasteiger partial charge on any atom is -0.375 e. The van der Waals surface area contributed by atoms with Crippen molar-refractivity contribution in [1.82, 2.24) is 10.6 Å². The van der Waals surface area contributed by atoms with E-state index in [4.69, 9.17) is 4.74 Å². The molecule has 0 spiro atoms. The second-order valence-corrected chi connectivity index (χ2v) is 5.38. The molecule has 0 aliphatic carbocycles. The number of nitrogens with one attached hydrogen (secondary N) is 3. The molecule has 1 unspecified atom stereocenters. The highest BCUT2D eigenvalue weighted by Gasteiger charge is 2.21. The standard InChI is InChI=1S/C15H20N4O3.ClH/c20-14(9-13-10-16-5-7-22-13)18-11-2-1-3-12(8-11)19-6-4-17-15(19)21;/h1-3,8,13,16H,4-7,9-10H2,(H,17,21)(H,18,20);1H. The number of nitrogens with zero attached hydrogens (tertiary/aromatic N) is 1. The van der Waals surface area contributed by atoms with Gasteiger partial charge in [-0.2, -0.15) is 0 Å². The summed E-state index contributed by atoms with van der Waals surface area (Å²) in [6.45, 7) is 3.44. The van der Waals surface area contributed by atoms with Crippen LogP contribution in [0.5, 0.6) is 0 Å². The molecular formula is C15H21ClN4O3. The van der Waals surface area contributed by atoms with Gasteiger partial charge in [0.15, 0.2) is 0 Å². The van der Waals surface area contributed by atoms with E-state index < -0.39 is 0 Å². The third-order valence-corrected chi connectivity index (χ3v) is 3.72. The molecule has 2 heterocycles. The van der Waals surface area contributed by atoms with Crippen LogP contribution in [0.2, 0.25) is 0 Å². The highest BCUT2D eigenvalue weighted by atomic mass is 35.5. The SMILES string of the molecule is Cl.O=C(CC1CNCCO1)Nc1cccc(N2CCNC2=O)c1. The smallest absolute Gasteiger partial charge is 0.321 e. The number of carbonyl (C=O) groups excluding carboxylic acids is 2. The molecule has 0 aromatic heterocycles. The lowest BCUT2D eigenvalue weighted by atomic mass is 10.2. The van der Waals surface area contributed by atoms with Gasteiger partial charge in [0.1, 0.15) is 0 Å². The molecule has 2 saturated heterocycles. The summed E-state index contributed by atoms with van der Waals surface area (Å²) in [5.74, 6) is -0.0864. The summed E-state index contributed by atoms with van der Waals surface area (Å²) in [7, 11) is 0.